The Bertz CT molecular complexity index is 780. The summed E-state index contributed by atoms with van der Waals surface area (Å²) in [6.07, 6.45) is 0. The molecule has 1 aliphatic heterocycles. The first kappa shape index (κ1) is 13.2. The van der Waals surface area contributed by atoms with Gasteiger partial charge < -0.3 is 0 Å². The molecule has 6 nitrogen and oxygen atoms in total. The number of hydrogen-bond donors (Lipinski definition) is 1. The third-order valence-electron chi connectivity index (χ3n) is 3.46. The third-order valence-corrected chi connectivity index (χ3v) is 3.46. The fourth-order valence-corrected chi connectivity index (χ4v) is 2.11. The van der Waals surface area contributed by atoms with Crippen LogP contribution in [0.25, 0.3) is 11.3 Å². The fraction of sp³-hybridized carbons (Fsp3) is 0.200. The molecule has 106 valence electrons. The minimum atomic E-state index is -0.320. The molecule has 1 atom stereocenters. The van der Waals surface area contributed by atoms with Gasteiger partial charge in [0.25, 0.3) is 11.5 Å². The zero-order valence-electron chi connectivity index (χ0n) is 11.7. The van der Waals surface area contributed by atoms with Crippen molar-refractivity contribution in [3.05, 3.63) is 46.8 Å². The van der Waals surface area contributed by atoms with Gasteiger partial charge in [0.1, 0.15) is 0 Å². The first-order valence-electron chi connectivity index (χ1n) is 6.62. The Morgan fingerprint density at radius 1 is 1.19 bits per heavy atom. The highest BCUT2D eigenvalue weighted by molar-refractivity contribution is 6.13. The Kier molecular flexibility index (Phi) is 3.13. The van der Waals surface area contributed by atoms with Crippen LogP contribution >= 0.6 is 0 Å². The summed E-state index contributed by atoms with van der Waals surface area (Å²) in [7, 11) is 0. The van der Waals surface area contributed by atoms with Crippen molar-refractivity contribution in [1.82, 2.24) is 9.97 Å². The molecule has 3 rings (SSSR count). The van der Waals surface area contributed by atoms with Crippen LogP contribution in [0, 0.1) is 5.92 Å². The molecule has 6 heteroatoms. The second-order valence-electron chi connectivity index (χ2n) is 4.93. The maximum Gasteiger partial charge on any atom is 0.258 e. The molecule has 0 bridgehead atoms. The molecule has 1 amide bonds. The summed E-state index contributed by atoms with van der Waals surface area (Å²) in [6.45, 7) is 3.56. The average molecular weight is 282 g/mol. The number of benzene rings is 1. The molecule has 2 aromatic rings. The van der Waals surface area contributed by atoms with E-state index in [9.17, 15) is 9.59 Å². The van der Waals surface area contributed by atoms with Gasteiger partial charge in [-0.15, -0.1) is 0 Å². The number of carbonyl (C=O) groups excluding carboxylic acids is 1. The Hall–Kier alpha value is -2.76. The monoisotopic (exact) mass is 282 g/mol. The number of H-pyrrole nitrogens is 1. The van der Waals surface area contributed by atoms with Crippen LogP contribution < -0.4 is 10.6 Å². The lowest BCUT2D eigenvalue weighted by atomic mass is 10.1. The normalized spacial score (nSPS) is 18.0. The number of amides is 1. The maximum atomic E-state index is 12.1. The highest BCUT2D eigenvalue weighted by atomic mass is 16.2. The minimum absolute atomic E-state index is 0.148. The van der Waals surface area contributed by atoms with E-state index >= 15 is 0 Å². The van der Waals surface area contributed by atoms with Gasteiger partial charge in [0, 0.05) is 17.3 Å². The fourth-order valence-electron chi connectivity index (χ4n) is 2.11. The number of nitrogens with zero attached hydrogens (tertiary/aromatic N) is 3. The lowest BCUT2D eigenvalue weighted by Crippen LogP contribution is -2.28. The van der Waals surface area contributed by atoms with Crippen molar-refractivity contribution >= 4 is 17.6 Å². The molecular formula is C15H14N4O2. The molecule has 1 N–H and O–H groups in total. The van der Waals surface area contributed by atoms with E-state index in [2.05, 4.69) is 15.1 Å². The summed E-state index contributed by atoms with van der Waals surface area (Å²) in [4.78, 5) is 30.9. The van der Waals surface area contributed by atoms with E-state index in [1.807, 2.05) is 30.3 Å². The van der Waals surface area contributed by atoms with Crippen molar-refractivity contribution in [2.45, 2.75) is 13.8 Å². The number of aromatic amines is 1. The van der Waals surface area contributed by atoms with Gasteiger partial charge in [-0.05, 0) is 13.8 Å². The molecule has 1 aliphatic rings. The number of nitrogens with one attached hydrogen (secondary N) is 1. The Labute approximate surface area is 121 Å². The number of hydrazone groups is 1. The molecule has 1 aromatic heterocycles. The third kappa shape index (κ3) is 2.35. The van der Waals surface area contributed by atoms with Crippen LogP contribution in [0.1, 0.15) is 13.8 Å². The quantitative estimate of drug-likeness (QED) is 0.912. The van der Waals surface area contributed by atoms with Crippen molar-refractivity contribution in [2.75, 3.05) is 5.01 Å². The van der Waals surface area contributed by atoms with Crippen LogP contribution in [0.5, 0.6) is 0 Å². The van der Waals surface area contributed by atoms with E-state index in [1.165, 1.54) is 6.07 Å². The zero-order chi connectivity index (χ0) is 15.0. The first-order valence-corrected chi connectivity index (χ1v) is 6.62. The molecule has 0 radical (unpaired) electrons. The highest BCUT2D eigenvalue weighted by Gasteiger charge is 2.32. The van der Waals surface area contributed by atoms with Gasteiger partial charge in [-0.3, -0.25) is 14.6 Å². The van der Waals surface area contributed by atoms with Crippen LogP contribution in [0.15, 0.2) is 46.3 Å². The standard InChI is InChI=1S/C15H14N4O2/c1-9-10(2)18-19(14(9)21)15-16-12(8-13(20)17-15)11-6-4-3-5-7-11/h3-9H,1-2H3,(H,16,17,20)/t9-/m0/s1. The van der Waals surface area contributed by atoms with Crippen molar-refractivity contribution in [1.29, 1.82) is 0 Å². The van der Waals surface area contributed by atoms with Crippen LogP contribution in [0.2, 0.25) is 0 Å². The Morgan fingerprint density at radius 2 is 1.90 bits per heavy atom. The molecule has 2 heterocycles. The van der Waals surface area contributed by atoms with E-state index in [1.54, 1.807) is 13.8 Å². The van der Waals surface area contributed by atoms with Gasteiger partial charge in [-0.25, -0.2) is 4.98 Å². The van der Waals surface area contributed by atoms with E-state index in [4.69, 9.17) is 0 Å². The molecule has 0 saturated heterocycles. The summed E-state index contributed by atoms with van der Waals surface area (Å²) in [5.41, 5.74) is 1.70. The highest BCUT2D eigenvalue weighted by Crippen LogP contribution is 2.22. The van der Waals surface area contributed by atoms with Crippen molar-refractivity contribution in [3.8, 4) is 11.3 Å². The van der Waals surface area contributed by atoms with Crippen molar-refractivity contribution in [3.63, 3.8) is 0 Å². The summed E-state index contributed by atoms with van der Waals surface area (Å²) in [5, 5.41) is 5.33. The minimum Gasteiger partial charge on any atom is -0.291 e. The SMILES string of the molecule is CC1=NN(c2nc(-c3ccccc3)cc(=O)[nH]2)C(=O)[C@H]1C. The molecule has 0 unspecified atom stereocenters. The summed E-state index contributed by atoms with van der Waals surface area (Å²) in [5.74, 6) is -0.341. The Balaban J connectivity index is 2.08. The summed E-state index contributed by atoms with van der Waals surface area (Å²) < 4.78 is 0. The van der Waals surface area contributed by atoms with E-state index in [-0.39, 0.29) is 23.3 Å². The number of rotatable bonds is 2. The topological polar surface area (TPSA) is 78.4 Å². The lowest BCUT2D eigenvalue weighted by molar-refractivity contribution is -0.119. The van der Waals surface area contributed by atoms with Crippen LogP contribution in [-0.4, -0.2) is 21.6 Å². The zero-order valence-corrected chi connectivity index (χ0v) is 11.7. The number of aromatic nitrogens is 2. The molecule has 0 fully saturated rings. The summed E-state index contributed by atoms with van der Waals surface area (Å²) >= 11 is 0. The average Bonchev–Trinajstić information content (AvgIpc) is 2.75. The van der Waals surface area contributed by atoms with E-state index in [0.717, 1.165) is 10.6 Å². The van der Waals surface area contributed by atoms with Crippen LogP contribution in [-0.2, 0) is 4.79 Å². The van der Waals surface area contributed by atoms with Gasteiger partial charge in [-0.1, -0.05) is 30.3 Å². The largest absolute Gasteiger partial charge is 0.291 e. The predicted octanol–water partition coefficient (Wildman–Crippen LogP) is 1.80. The second kappa shape index (κ2) is 4.97. The molecule has 21 heavy (non-hydrogen) atoms. The maximum absolute atomic E-state index is 12.1. The number of hydrogen-bond acceptors (Lipinski definition) is 4. The molecule has 1 aromatic carbocycles. The van der Waals surface area contributed by atoms with Crippen molar-refractivity contribution in [2.24, 2.45) is 11.0 Å². The van der Waals surface area contributed by atoms with Crippen LogP contribution in [0.3, 0.4) is 0 Å². The molecular weight excluding hydrogens is 268 g/mol. The lowest BCUT2D eigenvalue weighted by Gasteiger charge is -2.12. The number of anilines is 1. The smallest absolute Gasteiger partial charge is 0.258 e. The van der Waals surface area contributed by atoms with Gasteiger partial charge in [0.15, 0.2) is 0 Å². The molecule has 0 saturated carbocycles. The number of carbonyl (C=O) groups is 1. The second-order valence-corrected chi connectivity index (χ2v) is 4.93. The van der Waals surface area contributed by atoms with Crippen LogP contribution in [0.4, 0.5) is 5.95 Å². The van der Waals surface area contributed by atoms with Gasteiger partial charge in [0.05, 0.1) is 11.6 Å². The van der Waals surface area contributed by atoms with Gasteiger partial charge >= 0.3 is 0 Å². The van der Waals surface area contributed by atoms with Crippen molar-refractivity contribution < 1.29 is 4.79 Å². The molecule has 0 spiro atoms. The predicted molar refractivity (Wildman–Crippen MR) is 80.1 cm³/mol. The van der Waals surface area contributed by atoms with Gasteiger partial charge in [-0.2, -0.15) is 10.1 Å². The first-order chi connectivity index (χ1) is 10.1. The molecule has 0 aliphatic carbocycles. The van der Waals surface area contributed by atoms with E-state index in [0.29, 0.717) is 11.4 Å². The van der Waals surface area contributed by atoms with E-state index < -0.39 is 0 Å². The van der Waals surface area contributed by atoms with Gasteiger partial charge in [0.2, 0.25) is 5.95 Å². The summed E-state index contributed by atoms with van der Waals surface area (Å²) in [6, 6.07) is 10.7. The Morgan fingerprint density at radius 3 is 2.52 bits per heavy atom.